The van der Waals surface area contributed by atoms with Crippen LogP contribution in [0.3, 0.4) is 0 Å². The Morgan fingerprint density at radius 2 is 2.08 bits per heavy atom. The van der Waals surface area contributed by atoms with E-state index in [0.717, 1.165) is 17.1 Å². The zero-order valence-electron chi connectivity index (χ0n) is 14.0. The molecular formula is C18H20N4O2S. The van der Waals surface area contributed by atoms with Gasteiger partial charge in [-0.3, -0.25) is 14.2 Å². The van der Waals surface area contributed by atoms with Crippen molar-refractivity contribution in [3.63, 3.8) is 0 Å². The van der Waals surface area contributed by atoms with E-state index in [4.69, 9.17) is 0 Å². The number of anilines is 1. The summed E-state index contributed by atoms with van der Waals surface area (Å²) < 4.78 is 1.49. The summed E-state index contributed by atoms with van der Waals surface area (Å²) in [6.07, 6.45) is 1.77. The van der Waals surface area contributed by atoms with E-state index in [-0.39, 0.29) is 17.9 Å². The van der Waals surface area contributed by atoms with Gasteiger partial charge in [0.05, 0.1) is 11.7 Å². The minimum absolute atomic E-state index is 0.0706. The lowest BCUT2D eigenvalue weighted by molar-refractivity contribution is -0.121. The fourth-order valence-corrected chi connectivity index (χ4v) is 3.26. The van der Waals surface area contributed by atoms with Crippen LogP contribution in [0.5, 0.6) is 0 Å². The maximum Gasteiger partial charge on any atom is 0.262 e. The Morgan fingerprint density at radius 1 is 1.28 bits per heavy atom. The van der Waals surface area contributed by atoms with Gasteiger partial charge < -0.3 is 10.2 Å². The van der Waals surface area contributed by atoms with E-state index in [1.54, 1.807) is 6.07 Å². The summed E-state index contributed by atoms with van der Waals surface area (Å²) in [5.74, 6) is -0.0706. The number of aromatic nitrogens is 2. The lowest BCUT2D eigenvalue weighted by atomic mass is 10.3. The topological polar surface area (TPSA) is 67.2 Å². The highest BCUT2D eigenvalue weighted by Crippen LogP contribution is 2.13. The number of likely N-dealkylation sites (N-methyl/N-ethyl adjacent to an activating group) is 1. The number of carbonyl (C=O) groups excluding carboxylic acids is 1. The Bertz CT molecular complexity index is 904. The number of carbonyl (C=O) groups is 1. The number of benzene rings is 1. The van der Waals surface area contributed by atoms with E-state index in [0.29, 0.717) is 18.5 Å². The molecule has 0 aliphatic carbocycles. The summed E-state index contributed by atoms with van der Waals surface area (Å²) in [4.78, 5) is 31.3. The molecule has 0 aliphatic rings. The Morgan fingerprint density at radius 3 is 2.88 bits per heavy atom. The molecule has 0 aliphatic heterocycles. The smallest absolute Gasteiger partial charge is 0.262 e. The third kappa shape index (κ3) is 4.24. The molecule has 0 spiro atoms. The largest absolute Gasteiger partial charge is 0.373 e. The number of thiophene rings is 1. The van der Waals surface area contributed by atoms with Gasteiger partial charge in [-0.2, -0.15) is 0 Å². The van der Waals surface area contributed by atoms with Crippen molar-refractivity contribution in [1.82, 2.24) is 14.9 Å². The van der Waals surface area contributed by atoms with Crippen LogP contribution in [-0.2, 0) is 11.3 Å². The third-order valence-electron chi connectivity index (χ3n) is 4.00. The van der Waals surface area contributed by atoms with Crippen molar-refractivity contribution in [1.29, 1.82) is 0 Å². The van der Waals surface area contributed by atoms with Gasteiger partial charge in [-0.15, -0.1) is 11.3 Å². The van der Waals surface area contributed by atoms with Crippen LogP contribution in [0.1, 0.15) is 6.42 Å². The number of para-hydroxylation sites is 1. The fraction of sp³-hybridized carbons (Fsp3) is 0.278. The molecule has 0 radical (unpaired) electrons. The Kier molecular flexibility index (Phi) is 5.45. The molecule has 0 fully saturated rings. The third-order valence-corrected chi connectivity index (χ3v) is 4.82. The van der Waals surface area contributed by atoms with Crippen molar-refractivity contribution in [3.8, 4) is 0 Å². The first-order valence-electron chi connectivity index (χ1n) is 8.10. The van der Waals surface area contributed by atoms with Gasteiger partial charge in [0.2, 0.25) is 5.91 Å². The first-order valence-corrected chi connectivity index (χ1v) is 8.98. The standard InChI is InChI=1S/C18H20N4O2S/c1-21(14-5-3-2-4-6-14)11-9-19-16(23)7-10-22-13-20-17-15(18(22)24)8-12-25-17/h2-6,8,12-13H,7,9-11H2,1H3,(H,19,23). The molecule has 7 heteroatoms. The normalized spacial score (nSPS) is 10.8. The monoisotopic (exact) mass is 356 g/mol. The van der Waals surface area contributed by atoms with Gasteiger partial charge in [0.15, 0.2) is 0 Å². The first kappa shape index (κ1) is 17.2. The SMILES string of the molecule is CN(CCNC(=O)CCn1cnc2sccc2c1=O)c1ccccc1. The summed E-state index contributed by atoms with van der Waals surface area (Å²) in [6, 6.07) is 11.8. The number of nitrogens with one attached hydrogen (secondary N) is 1. The second-order valence-corrected chi connectivity index (χ2v) is 6.63. The average Bonchev–Trinajstić information content (AvgIpc) is 3.11. The molecule has 2 heterocycles. The van der Waals surface area contributed by atoms with Crippen LogP contribution in [0, 0.1) is 0 Å². The number of fused-ring (bicyclic) bond motifs is 1. The molecule has 3 rings (SSSR count). The van der Waals surface area contributed by atoms with Gasteiger partial charge >= 0.3 is 0 Å². The predicted molar refractivity (Wildman–Crippen MR) is 101 cm³/mol. The van der Waals surface area contributed by atoms with Crippen LogP contribution in [-0.4, -0.2) is 35.6 Å². The predicted octanol–water partition coefficient (Wildman–Crippen LogP) is 2.10. The molecule has 0 saturated heterocycles. The number of hydrogen-bond donors (Lipinski definition) is 1. The molecular weight excluding hydrogens is 336 g/mol. The molecule has 2 aromatic heterocycles. The van der Waals surface area contributed by atoms with Crippen LogP contribution >= 0.6 is 11.3 Å². The number of amides is 1. The molecule has 0 bridgehead atoms. The zero-order chi connectivity index (χ0) is 17.6. The second-order valence-electron chi connectivity index (χ2n) is 5.74. The minimum atomic E-state index is -0.0946. The van der Waals surface area contributed by atoms with Crippen LogP contribution in [0.4, 0.5) is 5.69 Å². The van der Waals surface area contributed by atoms with E-state index in [2.05, 4.69) is 15.2 Å². The fourth-order valence-electron chi connectivity index (χ4n) is 2.54. The quantitative estimate of drug-likeness (QED) is 0.704. The molecule has 1 aromatic carbocycles. The number of rotatable bonds is 7. The van der Waals surface area contributed by atoms with Gasteiger partial charge in [0, 0.05) is 38.8 Å². The van der Waals surface area contributed by atoms with E-state index >= 15 is 0 Å². The minimum Gasteiger partial charge on any atom is -0.373 e. The highest BCUT2D eigenvalue weighted by Gasteiger charge is 2.07. The summed E-state index contributed by atoms with van der Waals surface area (Å²) in [7, 11) is 1.99. The average molecular weight is 356 g/mol. The summed E-state index contributed by atoms with van der Waals surface area (Å²) in [5, 5.41) is 5.35. The first-order chi connectivity index (χ1) is 12.1. The highest BCUT2D eigenvalue weighted by molar-refractivity contribution is 7.16. The molecule has 3 aromatic rings. The highest BCUT2D eigenvalue weighted by atomic mass is 32.1. The summed E-state index contributed by atoms with van der Waals surface area (Å²) >= 11 is 1.44. The second kappa shape index (κ2) is 7.94. The van der Waals surface area contributed by atoms with E-state index in [1.165, 1.54) is 22.2 Å². The van der Waals surface area contributed by atoms with Crippen molar-refractivity contribution in [2.45, 2.75) is 13.0 Å². The van der Waals surface area contributed by atoms with Crippen molar-refractivity contribution in [2.24, 2.45) is 0 Å². The van der Waals surface area contributed by atoms with Crippen molar-refractivity contribution in [3.05, 3.63) is 58.5 Å². The van der Waals surface area contributed by atoms with Crippen molar-refractivity contribution < 1.29 is 4.79 Å². The molecule has 0 unspecified atom stereocenters. The maximum atomic E-state index is 12.3. The van der Waals surface area contributed by atoms with E-state index < -0.39 is 0 Å². The molecule has 0 atom stereocenters. The Hall–Kier alpha value is -2.67. The number of hydrogen-bond acceptors (Lipinski definition) is 5. The van der Waals surface area contributed by atoms with Crippen molar-refractivity contribution >= 4 is 33.1 Å². The summed E-state index contributed by atoms with van der Waals surface area (Å²) in [6.45, 7) is 1.61. The van der Waals surface area contributed by atoms with Gasteiger partial charge in [-0.05, 0) is 23.6 Å². The van der Waals surface area contributed by atoms with Gasteiger partial charge in [-0.1, -0.05) is 18.2 Å². The van der Waals surface area contributed by atoms with Crippen LogP contribution < -0.4 is 15.8 Å². The number of nitrogens with zero attached hydrogens (tertiary/aromatic N) is 3. The van der Waals surface area contributed by atoms with E-state index in [1.807, 2.05) is 42.8 Å². The summed E-state index contributed by atoms with van der Waals surface area (Å²) in [5.41, 5.74) is 1.02. The van der Waals surface area contributed by atoms with Crippen molar-refractivity contribution in [2.75, 3.05) is 25.0 Å². The zero-order valence-corrected chi connectivity index (χ0v) is 14.8. The van der Waals surface area contributed by atoms with Gasteiger partial charge in [0.25, 0.3) is 5.56 Å². The lowest BCUT2D eigenvalue weighted by Gasteiger charge is -2.19. The molecule has 25 heavy (non-hydrogen) atoms. The van der Waals surface area contributed by atoms with E-state index in [9.17, 15) is 9.59 Å². The maximum absolute atomic E-state index is 12.3. The lowest BCUT2D eigenvalue weighted by Crippen LogP contribution is -2.34. The van der Waals surface area contributed by atoms with Crippen LogP contribution in [0.2, 0.25) is 0 Å². The Balaban J connectivity index is 1.46. The molecule has 130 valence electrons. The van der Waals surface area contributed by atoms with Gasteiger partial charge in [-0.25, -0.2) is 4.98 Å². The molecule has 6 nitrogen and oxygen atoms in total. The van der Waals surface area contributed by atoms with Gasteiger partial charge in [0.1, 0.15) is 4.83 Å². The van der Waals surface area contributed by atoms with Crippen LogP contribution in [0.15, 0.2) is 52.9 Å². The van der Waals surface area contributed by atoms with Crippen LogP contribution in [0.25, 0.3) is 10.2 Å². The molecule has 0 saturated carbocycles. The molecule has 1 N–H and O–H groups in total. The molecule has 1 amide bonds. The number of aryl methyl sites for hydroxylation is 1. The Labute approximate surface area is 149 Å².